The number of nitrogens with zero attached hydrogens (tertiary/aromatic N) is 2. The fraction of sp³-hybridized carbons (Fsp3) is 0.400. The summed E-state index contributed by atoms with van der Waals surface area (Å²) in [6, 6.07) is 0. The summed E-state index contributed by atoms with van der Waals surface area (Å²) in [7, 11) is 1.55. The summed E-state index contributed by atoms with van der Waals surface area (Å²) in [6.07, 6.45) is 6.55. The molecule has 0 atom stereocenters. The Hall–Kier alpha value is -1.51. The first-order valence-corrected chi connectivity index (χ1v) is 5.00. The van der Waals surface area contributed by atoms with Crippen LogP contribution in [0.3, 0.4) is 0 Å². The van der Waals surface area contributed by atoms with Crippen LogP contribution in [0.15, 0.2) is 11.0 Å². The second kappa shape index (κ2) is 6.16. The minimum Gasteiger partial charge on any atom is -0.383 e. The number of ether oxygens (including phenoxy) is 1. The fourth-order valence-corrected chi connectivity index (χ4v) is 1.28. The summed E-state index contributed by atoms with van der Waals surface area (Å²) in [5.41, 5.74) is 0.0824. The third kappa shape index (κ3) is 2.99. The Bertz CT molecular complexity index is 450. The first-order valence-electron chi connectivity index (χ1n) is 4.62. The van der Waals surface area contributed by atoms with Crippen LogP contribution in [-0.2, 0) is 11.3 Å². The molecule has 1 aromatic heterocycles. The summed E-state index contributed by atoms with van der Waals surface area (Å²) in [5.74, 6) is 2.39. The highest BCUT2D eigenvalue weighted by molar-refractivity contribution is 6.32. The zero-order valence-corrected chi connectivity index (χ0v) is 9.62. The van der Waals surface area contributed by atoms with Gasteiger partial charge in [0.05, 0.1) is 31.6 Å². The SMILES string of the molecule is C#CCNc1cnn(CCOC)c(=O)c1Cl. The van der Waals surface area contributed by atoms with E-state index < -0.39 is 0 Å². The molecule has 1 heterocycles. The van der Waals surface area contributed by atoms with E-state index in [9.17, 15) is 4.79 Å². The van der Waals surface area contributed by atoms with Gasteiger partial charge in [0.2, 0.25) is 0 Å². The number of methoxy groups -OCH3 is 1. The molecule has 1 N–H and O–H groups in total. The molecule has 0 saturated heterocycles. The maximum atomic E-state index is 11.7. The number of nitrogens with one attached hydrogen (secondary N) is 1. The largest absolute Gasteiger partial charge is 0.383 e. The van der Waals surface area contributed by atoms with Crippen LogP contribution in [-0.4, -0.2) is 30.0 Å². The normalized spacial score (nSPS) is 9.81. The maximum Gasteiger partial charge on any atom is 0.287 e. The van der Waals surface area contributed by atoms with Gasteiger partial charge in [0.25, 0.3) is 5.56 Å². The molecule has 1 rings (SSSR count). The van der Waals surface area contributed by atoms with Crippen molar-refractivity contribution in [1.82, 2.24) is 9.78 Å². The summed E-state index contributed by atoms with van der Waals surface area (Å²) >= 11 is 5.87. The number of anilines is 1. The molecule has 1 aromatic rings. The fourth-order valence-electron chi connectivity index (χ4n) is 1.07. The van der Waals surface area contributed by atoms with Gasteiger partial charge in [0, 0.05) is 7.11 Å². The molecule has 0 aliphatic heterocycles. The van der Waals surface area contributed by atoms with Crippen LogP contribution in [0.4, 0.5) is 5.69 Å². The van der Waals surface area contributed by atoms with Crippen molar-refractivity contribution in [1.29, 1.82) is 0 Å². The summed E-state index contributed by atoms with van der Waals surface area (Å²) in [5, 5.41) is 6.83. The van der Waals surface area contributed by atoms with Gasteiger partial charge < -0.3 is 10.1 Å². The van der Waals surface area contributed by atoms with E-state index in [4.69, 9.17) is 22.8 Å². The topological polar surface area (TPSA) is 56.1 Å². The second-order valence-corrected chi connectivity index (χ2v) is 3.33. The Morgan fingerprint density at radius 3 is 3.12 bits per heavy atom. The molecular weight excluding hydrogens is 230 g/mol. The van der Waals surface area contributed by atoms with Gasteiger partial charge in [-0.15, -0.1) is 6.42 Å². The maximum absolute atomic E-state index is 11.7. The van der Waals surface area contributed by atoms with Crippen molar-refractivity contribution < 1.29 is 4.74 Å². The number of terminal acetylenes is 1. The molecule has 0 fully saturated rings. The molecule has 0 amide bonds. The first kappa shape index (κ1) is 12.6. The average molecular weight is 242 g/mol. The van der Waals surface area contributed by atoms with Crippen molar-refractivity contribution in [2.45, 2.75) is 6.54 Å². The van der Waals surface area contributed by atoms with Crippen molar-refractivity contribution in [3.8, 4) is 12.3 Å². The van der Waals surface area contributed by atoms with Crippen LogP contribution < -0.4 is 10.9 Å². The molecule has 0 radical (unpaired) electrons. The predicted molar refractivity (Wildman–Crippen MR) is 62.7 cm³/mol. The van der Waals surface area contributed by atoms with E-state index >= 15 is 0 Å². The van der Waals surface area contributed by atoms with Crippen LogP contribution in [0.2, 0.25) is 5.02 Å². The predicted octanol–water partition coefficient (Wildman–Crippen LogP) is 0.588. The second-order valence-electron chi connectivity index (χ2n) is 2.95. The molecule has 5 nitrogen and oxygen atoms in total. The molecule has 0 saturated carbocycles. The van der Waals surface area contributed by atoms with E-state index in [0.717, 1.165) is 0 Å². The molecular formula is C10H12ClN3O2. The lowest BCUT2D eigenvalue weighted by Crippen LogP contribution is -2.26. The number of halogens is 1. The van der Waals surface area contributed by atoms with E-state index in [1.807, 2.05) is 0 Å². The highest BCUT2D eigenvalue weighted by Crippen LogP contribution is 2.14. The Morgan fingerprint density at radius 2 is 2.50 bits per heavy atom. The quantitative estimate of drug-likeness (QED) is 0.767. The van der Waals surface area contributed by atoms with Crippen LogP contribution in [0.25, 0.3) is 0 Å². The Morgan fingerprint density at radius 1 is 1.75 bits per heavy atom. The van der Waals surface area contributed by atoms with Gasteiger partial charge in [-0.25, -0.2) is 4.68 Å². The van der Waals surface area contributed by atoms with E-state index in [0.29, 0.717) is 25.4 Å². The lowest BCUT2D eigenvalue weighted by molar-refractivity contribution is 0.182. The van der Waals surface area contributed by atoms with E-state index in [1.54, 1.807) is 7.11 Å². The molecule has 0 aliphatic carbocycles. The van der Waals surface area contributed by atoms with E-state index in [1.165, 1.54) is 10.9 Å². The monoisotopic (exact) mass is 241 g/mol. The Kier molecular flexibility index (Phi) is 4.83. The van der Waals surface area contributed by atoms with Crippen LogP contribution in [0.5, 0.6) is 0 Å². The molecule has 16 heavy (non-hydrogen) atoms. The minimum absolute atomic E-state index is 0.0846. The Balaban J connectivity index is 2.91. The molecule has 0 unspecified atom stereocenters. The molecule has 6 heteroatoms. The summed E-state index contributed by atoms with van der Waals surface area (Å²) in [4.78, 5) is 11.7. The number of aromatic nitrogens is 2. The third-order valence-corrected chi connectivity index (χ3v) is 2.24. The van der Waals surface area contributed by atoms with Gasteiger partial charge >= 0.3 is 0 Å². The lowest BCUT2D eigenvalue weighted by Gasteiger charge is -2.07. The first-order chi connectivity index (χ1) is 7.70. The molecule has 0 spiro atoms. The highest BCUT2D eigenvalue weighted by atomic mass is 35.5. The van der Waals surface area contributed by atoms with Crippen molar-refractivity contribution in [2.24, 2.45) is 0 Å². The van der Waals surface area contributed by atoms with Gasteiger partial charge in [-0.2, -0.15) is 5.10 Å². The Labute approximate surface area is 98.4 Å². The molecule has 0 bridgehead atoms. The van der Waals surface area contributed by atoms with Gasteiger partial charge in [0.1, 0.15) is 5.02 Å². The lowest BCUT2D eigenvalue weighted by atomic mass is 10.4. The van der Waals surface area contributed by atoms with Gasteiger partial charge in [-0.05, 0) is 0 Å². The van der Waals surface area contributed by atoms with E-state index in [-0.39, 0.29) is 10.6 Å². The van der Waals surface area contributed by atoms with Gasteiger partial charge in [0.15, 0.2) is 0 Å². The van der Waals surface area contributed by atoms with Crippen molar-refractivity contribution in [2.75, 3.05) is 25.6 Å². The molecule has 0 aromatic carbocycles. The van der Waals surface area contributed by atoms with Crippen molar-refractivity contribution in [3.05, 3.63) is 21.6 Å². The average Bonchev–Trinajstić information content (AvgIpc) is 2.30. The highest BCUT2D eigenvalue weighted by Gasteiger charge is 2.07. The van der Waals surface area contributed by atoms with Crippen LogP contribution in [0, 0.1) is 12.3 Å². The van der Waals surface area contributed by atoms with Crippen LogP contribution in [0.1, 0.15) is 0 Å². The van der Waals surface area contributed by atoms with Gasteiger partial charge in [-0.1, -0.05) is 17.5 Å². The zero-order valence-electron chi connectivity index (χ0n) is 8.86. The molecule has 86 valence electrons. The van der Waals surface area contributed by atoms with Crippen molar-refractivity contribution >= 4 is 17.3 Å². The van der Waals surface area contributed by atoms with Gasteiger partial charge in [-0.3, -0.25) is 4.79 Å². The number of rotatable bonds is 5. The number of hydrogen-bond acceptors (Lipinski definition) is 4. The zero-order chi connectivity index (χ0) is 12.0. The summed E-state index contributed by atoms with van der Waals surface area (Å²) < 4.78 is 6.09. The van der Waals surface area contributed by atoms with Crippen LogP contribution >= 0.6 is 11.6 Å². The summed E-state index contributed by atoms with van der Waals surface area (Å²) in [6.45, 7) is 1.06. The minimum atomic E-state index is -0.360. The third-order valence-electron chi connectivity index (χ3n) is 1.87. The van der Waals surface area contributed by atoms with E-state index in [2.05, 4.69) is 16.3 Å². The number of hydrogen-bond donors (Lipinski definition) is 1. The smallest absolute Gasteiger partial charge is 0.287 e. The van der Waals surface area contributed by atoms with Crippen molar-refractivity contribution in [3.63, 3.8) is 0 Å². The molecule has 0 aliphatic rings. The standard InChI is InChI=1S/C10H12ClN3O2/c1-3-4-12-8-7-13-14(5-6-16-2)10(15)9(8)11/h1,7,12H,4-6H2,2H3.